The van der Waals surface area contributed by atoms with Gasteiger partial charge in [0.2, 0.25) is 5.91 Å². The van der Waals surface area contributed by atoms with E-state index in [0.29, 0.717) is 24.9 Å². The van der Waals surface area contributed by atoms with Crippen LogP contribution in [0.15, 0.2) is 24.3 Å². The summed E-state index contributed by atoms with van der Waals surface area (Å²) in [5.74, 6) is 2.40. The number of methoxy groups -OCH3 is 1. The molecule has 0 spiro atoms. The maximum Gasteiger partial charge on any atom is 0.236 e. The molecule has 1 saturated heterocycles. The summed E-state index contributed by atoms with van der Waals surface area (Å²) in [4.78, 5) is 16.5. The molecule has 1 aliphatic rings. The molecule has 2 atom stereocenters. The fourth-order valence-corrected chi connectivity index (χ4v) is 3.33. The first-order valence-electron chi connectivity index (χ1n) is 8.07. The van der Waals surface area contributed by atoms with E-state index in [2.05, 4.69) is 18.7 Å². The number of likely N-dealkylation sites (tertiary alicyclic amines) is 1. The minimum absolute atomic E-state index is 0.192. The van der Waals surface area contributed by atoms with Gasteiger partial charge in [0.1, 0.15) is 5.75 Å². The minimum atomic E-state index is 0.192. The van der Waals surface area contributed by atoms with Gasteiger partial charge < -0.3 is 9.64 Å². The third-order valence-electron chi connectivity index (χ3n) is 4.31. The summed E-state index contributed by atoms with van der Waals surface area (Å²) in [5, 5.41) is 0. The molecule has 2 rings (SSSR count). The molecule has 4 nitrogen and oxygen atoms in total. The van der Waals surface area contributed by atoms with Gasteiger partial charge in [-0.15, -0.1) is 0 Å². The smallest absolute Gasteiger partial charge is 0.236 e. The number of hydrogen-bond acceptors (Lipinski definition) is 3. The monoisotopic (exact) mass is 304 g/mol. The zero-order chi connectivity index (χ0) is 16.1. The number of amides is 1. The molecule has 0 radical (unpaired) electrons. The number of ether oxygens (including phenoxy) is 1. The van der Waals surface area contributed by atoms with E-state index >= 15 is 0 Å². The third kappa shape index (κ3) is 4.73. The molecule has 2 unspecified atom stereocenters. The van der Waals surface area contributed by atoms with E-state index in [-0.39, 0.29) is 5.91 Å². The van der Waals surface area contributed by atoms with Gasteiger partial charge in [0.25, 0.3) is 0 Å². The Hall–Kier alpha value is -1.55. The second-order valence-electron chi connectivity index (χ2n) is 6.74. The summed E-state index contributed by atoms with van der Waals surface area (Å²) in [6, 6.07) is 7.88. The minimum Gasteiger partial charge on any atom is -0.497 e. The van der Waals surface area contributed by atoms with Crippen molar-refractivity contribution in [3.8, 4) is 5.75 Å². The van der Waals surface area contributed by atoms with Crippen LogP contribution in [0.1, 0.15) is 25.8 Å². The van der Waals surface area contributed by atoms with Crippen molar-refractivity contribution in [1.82, 2.24) is 9.80 Å². The van der Waals surface area contributed by atoms with E-state index in [1.165, 1.54) is 6.42 Å². The Bertz CT molecular complexity index is 476. The lowest BCUT2D eigenvalue weighted by atomic mass is 9.92. The molecule has 0 N–H and O–H groups in total. The Morgan fingerprint density at radius 1 is 1.23 bits per heavy atom. The highest BCUT2D eigenvalue weighted by atomic mass is 16.5. The lowest BCUT2D eigenvalue weighted by molar-refractivity contribution is -0.132. The summed E-state index contributed by atoms with van der Waals surface area (Å²) in [6.07, 6.45) is 1.27. The summed E-state index contributed by atoms with van der Waals surface area (Å²) in [7, 11) is 3.54. The summed E-state index contributed by atoms with van der Waals surface area (Å²) >= 11 is 0. The van der Waals surface area contributed by atoms with Gasteiger partial charge in [-0.1, -0.05) is 26.0 Å². The van der Waals surface area contributed by atoms with Gasteiger partial charge >= 0.3 is 0 Å². The van der Waals surface area contributed by atoms with Gasteiger partial charge in [0, 0.05) is 26.7 Å². The summed E-state index contributed by atoms with van der Waals surface area (Å²) in [5.41, 5.74) is 1.12. The Morgan fingerprint density at radius 2 is 1.82 bits per heavy atom. The lowest BCUT2D eigenvalue weighted by Crippen LogP contribution is -2.44. The van der Waals surface area contributed by atoms with E-state index in [0.717, 1.165) is 24.4 Å². The molecular weight excluding hydrogens is 276 g/mol. The molecule has 1 fully saturated rings. The van der Waals surface area contributed by atoms with Crippen molar-refractivity contribution in [2.24, 2.45) is 11.8 Å². The van der Waals surface area contributed by atoms with E-state index in [1.807, 2.05) is 36.2 Å². The standard InChI is InChI=1S/C18H28N2O2/c1-14-9-15(2)11-20(10-14)13-18(21)19(3)12-16-5-7-17(22-4)8-6-16/h5-8,14-15H,9-13H2,1-4H3. The average Bonchev–Trinajstić information content (AvgIpc) is 2.46. The van der Waals surface area contributed by atoms with E-state index in [4.69, 9.17) is 4.74 Å². The molecule has 0 aliphatic carbocycles. The van der Waals surface area contributed by atoms with Crippen LogP contribution in [0.5, 0.6) is 5.75 Å². The quantitative estimate of drug-likeness (QED) is 0.838. The Labute approximate surface area is 134 Å². The topological polar surface area (TPSA) is 32.8 Å². The molecule has 22 heavy (non-hydrogen) atoms. The van der Waals surface area contributed by atoms with Crippen molar-refractivity contribution in [1.29, 1.82) is 0 Å². The molecule has 1 amide bonds. The molecule has 0 aromatic heterocycles. The first-order valence-corrected chi connectivity index (χ1v) is 8.07. The van der Waals surface area contributed by atoms with Crippen LogP contribution in [-0.4, -0.2) is 49.5 Å². The highest BCUT2D eigenvalue weighted by Gasteiger charge is 2.24. The second-order valence-corrected chi connectivity index (χ2v) is 6.74. The number of carbonyl (C=O) groups is 1. The summed E-state index contributed by atoms with van der Waals surface area (Å²) in [6.45, 7) is 7.78. The van der Waals surface area contributed by atoms with Crippen molar-refractivity contribution in [2.75, 3.05) is 33.8 Å². The molecule has 0 bridgehead atoms. The van der Waals surface area contributed by atoms with Crippen LogP contribution in [0.2, 0.25) is 0 Å². The predicted octanol–water partition coefficient (Wildman–Crippen LogP) is 2.63. The first kappa shape index (κ1) is 16.8. The van der Waals surface area contributed by atoms with Gasteiger partial charge in [0.05, 0.1) is 13.7 Å². The van der Waals surface area contributed by atoms with Crippen molar-refractivity contribution in [3.63, 3.8) is 0 Å². The number of hydrogen-bond donors (Lipinski definition) is 0. The van der Waals surface area contributed by atoms with Gasteiger partial charge in [-0.05, 0) is 36.0 Å². The van der Waals surface area contributed by atoms with Gasteiger partial charge in [0.15, 0.2) is 0 Å². The zero-order valence-corrected chi connectivity index (χ0v) is 14.2. The first-order chi connectivity index (χ1) is 10.5. The molecule has 1 aromatic rings. The third-order valence-corrected chi connectivity index (χ3v) is 4.31. The fraction of sp³-hybridized carbons (Fsp3) is 0.611. The Balaban J connectivity index is 1.85. The number of nitrogens with zero attached hydrogens (tertiary/aromatic N) is 2. The average molecular weight is 304 g/mol. The normalized spacial score (nSPS) is 22.4. The maximum absolute atomic E-state index is 12.4. The van der Waals surface area contributed by atoms with Gasteiger partial charge in [-0.3, -0.25) is 9.69 Å². The number of rotatable bonds is 5. The van der Waals surface area contributed by atoms with Crippen LogP contribution in [0.25, 0.3) is 0 Å². The van der Waals surface area contributed by atoms with Gasteiger partial charge in [-0.25, -0.2) is 0 Å². The number of benzene rings is 1. The summed E-state index contributed by atoms with van der Waals surface area (Å²) < 4.78 is 5.15. The number of piperidine rings is 1. The molecule has 1 heterocycles. The van der Waals surface area contributed by atoms with Crippen LogP contribution >= 0.6 is 0 Å². The van der Waals surface area contributed by atoms with E-state index in [9.17, 15) is 4.79 Å². The molecule has 0 saturated carbocycles. The highest BCUT2D eigenvalue weighted by Crippen LogP contribution is 2.20. The molecule has 1 aliphatic heterocycles. The van der Waals surface area contributed by atoms with Crippen molar-refractivity contribution in [2.45, 2.75) is 26.8 Å². The van der Waals surface area contributed by atoms with Crippen molar-refractivity contribution in [3.05, 3.63) is 29.8 Å². The SMILES string of the molecule is COc1ccc(CN(C)C(=O)CN2CC(C)CC(C)C2)cc1. The van der Waals surface area contributed by atoms with Crippen LogP contribution in [-0.2, 0) is 11.3 Å². The van der Waals surface area contributed by atoms with Crippen LogP contribution in [0.3, 0.4) is 0 Å². The highest BCUT2D eigenvalue weighted by molar-refractivity contribution is 5.78. The fourth-order valence-electron chi connectivity index (χ4n) is 3.33. The Morgan fingerprint density at radius 3 is 2.36 bits per heavy atom. The molecule has 122 valence electrons. The van der Waals surface area contributed by atoms with Crippen molar-refractivity contribution >= 4 is 5.91 Å². The number of likely N-dealkylation sites (N-methyl/N-ethyl adjacent to an activating group) is 1. The van der Waals surface area contributed by atoms with E-state index in [1.54, 1.807) is 7.11 Å². The van der Waals surface area contributed by atoms with Crippen LogP contribution < -0.4 is 4.74 Å². The number of carbonyl (C=O) groups excluding carboxylic acids is 1. The lowest BCUT2D eigenvalue weighted by Gasteiger charge is -2.35. The second kappa shape index (κ2) is 7.63. The van der Waals surface area contributed by atoms with Crippen molar-refractivity contribution < 1.29 is 9.53 Å². The largest absolute Gasteiger partial charge is 0.497 e. The maximum atomic E-state index is 12.4. The Kier molecular flexibility index (Phi) is 5.83. The van der Waals surface area contributed by atoms with Crippen LogP contribution in [0.4, 0.5) is 0 Å². The van der Waals surface area contributed by atoms with E-state index < -0.39 is 0 Å². The van der Waals surface area contributed by atoms with Crippen LogP contribution in [0, 0.1) is 11.8 Å². The van der Waals surface area contributed by atoms with Gasteiger partial charge in [-0.2, -0.15) is 0 Å². The molecule has 1 aromatic carbocycles. The predicted molar refractivity (Wildman–Crippen MR) is 88.9 cm³/mol. The zero-order valence-electron chi connectivity index (χ0n) is 14.2. The molecule has 4 heteroatoms. The molecular formula is C18H28N2O2.